The van der Waals surface area contributed by atoms with Crippen LogP contribution in [0.5, 0.6) is 11.5 Å². The summed E-state index contributed by atoms with van der Waals surface area (Å²) in [7, 11) is -0.561. The number of para-hydroxylation sites is 1. The van der Waals surface area contributed by atoms with Gasteiger partial charge in [-0.2, -0.15) is 0 Å². The highest BCUT2D eigenvalue weighted by molar-refractivity contribution is 6.47. The third kappa shape index (κ3) is 5.97. The molecule has 8 heteroatoms. The molecule has 0 radical (unpaired) electrons. The Morgan fingerprint density at radius 2 is 1.68 bits per heavy atom. The van der Waals surface area contributed by atoms with Crippen LogP contribution in [0.2, 0.25) is 0 Å². The quantitative estimate of drug-likeness (QED) is 0.264. The van der Waals surface area contributed by atoms with Gasteiger partial charge in [0.05, 0.1) is 29.7 Å². The molecule has 7 atom stereocenters. The third-order valence-electron chi connectivity index (χ3n) is 9.83. The summed E-state index contributed by atoms with van der Waals surface area (Å²) in [4.78, 5) is 26.8. The summed E-state index contributed by atoms with van der Waals surface area (Å²) in [6.07, 6.45) is 1.69. The summed E-state index contributed by atoms with van der Waals surface area (Å²) >= 11 is 0. The first-order valence-electron chi connectivity index (χ1n) is 15.1. The number of aliphatic hydroxyl groups is 1. The van der Waals surface area contributed by atoms with E-state index in [4.69, 9.17) is 14.0 Å². The van der Waals surface area contributed by atoms with Gasteiger partial charge in [0.1, 0.15) is 11.5 Å². The Kier molecular flexibility index (Phi) is 8.39. The van der Waals surface area contributed by atoms with Gasteiger partial charge in [0, 0.05) is 12.0 Å². The van der Waals surface area contributed by atoms with Gasteiger partial charge in [0.2, 0.25) is 5.91 Å². The summed E-state index contributed by atoms with van der Waals surface area (Å²) in [6, 6.07) is 16.3. The fourth-order valence-corrected chi connectivity index (χ4v) is 7.24. The lowest BCUT2D eigenvalue weighted by atomic mass is 9.43. The average molecular weight is 562 g/mol. The molecule has 6 rings (SSSR count). The maximum absolute atomic E-state index is 13.6. The van der Waals surface area contributed by atoms with Crippen molar-refractivity contribution in [2.45, 2.75) is 91.0 Å². The molecule has 2 aromatic rings. The number of aliphatic hydroxyl groups excluding tert-OH is 1. The standard InChI is InChI=1S/C33H44BNO6/c1-20(2)16-30(34-40-29-18-23-17-28(32(23,4)5)33(29,6)41-34)35-31(38)26(21(3)36)19-27(37)22-12-14-25(15-13-22)39-24-10-8-7-9-11-24/h7-15,20-21,23,26,28-30,36H,16-19H2,1-6H3,(H,35,38)/t21-,23+,26+,28+,29-,30+,33+/m1/s1. The molecule has 2 bridgehead atoms. The highest BCUT2D eigenvalue weighted by Crippen LogP contribution is 2.65. The topological polar surface area (TPSA) is 94.1 Å². The molecule has 1 aliphatic heterocycles. The van der Waals surface area contributed by atoms with Gasteiger partial charge in [0.15, 0.2) is 5.78 Å². The molecule has 4 fully saturated rings. The van der Waals surface area contributed by atoms with Crippen LogP contribution < -0.4 is 10.1 Å². The third-order valence-corrected chi connectivity index (χ3v) is 9.83. The number of carbonyl (C=O) groups is 2. The molecule has 41 heavy (non-hydrogen) atoms. The van der Waals surface area contributed by atoms with E-state index in [9.17, 15) is 14.7 Å². The molecule has 0 aromatic heterocycles. The van der Waals surface area contributed by atoms with E-state index in [-0.39, 0.29) is 47.1 Å². The van der Waals surface area contributed by atoms with Gasteiger partial charge in [-0.15, -0.1) is 0 Å². The minimum Gasteiger partial charge on any atom is -0.457 e. The lowest BCUT2D eigenvalue weighted by molar-refractivity contribution is -0.199. The largest absolute Gasteiger partial charge is 0.481 e. The van der Waals surface area contributed by atoms with Gasteiger partial charge >= 0.3 is 7.12 Å². The maximum Gasteiger partial charge on any atom is 0.481 e. The number of benzene rings is 2. The zero-order valence-electron chi connectivity index (χ0n) is 25.1. The first kappa shape index (κ1) is 29.8. The van der Waals surface area contributed by atoms with Crippen molar-refractivity contribution in [2.24, 2.45) is 29.1 Å². The van der Waals surface area contributed by atoms with Crippen LogP contribution in [0, 0.1) is 29.1 Å². The smallest absolute Gasteiger partial charge is 0.457 e. The highest BCUT2D eigenvalue weighted by Gasteiger charge is 2.68. The second-order valence-electron chi connectivity index (χ2n) is 13.5. The van der Waals surface area contributed by atoms with Crippen molar-refractivity contribution in [3.63, 3.8) is 0 Å². The van der Waals surface area contributed by atoms with Crippen LogP contribution in [0.3, 0.4) is 0 Å². The molecule has 220 valence electrons. The van der Waals surface area contributed by atoms with Crippen LogP contribution >= 0.6 is 0 Å². The zero-order chi connectivity index (χ0) is 29.5. The van der Waals surface area contributed by atoms with E-state index >= 15 is 0 Å². The normalized spacial score (nSPS) is 28.3. The molecular weight excluding hydrogens is 517 g/mol. The molecule has 1 amide bonds. The van der Waals surface area contributed by atoms with Gasteiger partial charge in [-0.25, -0.2) is 0 Å². The molecular formula is C33H44BNO6. The minimum absolute atomic E-state index is 0.0128. The lowest BCUT2D eigenvalue weighted by Crippen LogP contribution is -2.65. The predicted molar refractivity (Wildman–Crippen MR) is 159 cm³/mol. The number of rotatable bonds is 11. The van der Waals surface area contributed by atoms with E-state index < -0.39 is 19.1 Å². The molecule has 4 aliphatic rings. The number of hydrogen-bond acceptors (Lipinski definition) is 6. The van der Waals surface area contributed by atoms with Gasteiger partial charge < -0.3 is 24.5 Å². The van der Waals surface area contributed by atoms with E-state index in [0.717, 1.165) is 12.8 Å². The SMILES string of the molecule is CC(C)C[C@H](NC(=O)[C@@H](CC(=O)c1ccc(Oc2ccccc2)cc1)[C@@H](C)O)B1O[C@@H]2C[C@@H]3C[C@@H](C3(C)C)[C@]2(C)O1. The molecule has 3 aliphatic carbocycles. The van der Waals surface area contributed by atoms with Crippen molar-refractivity contribution in [3.05, 3.63) is 60.2 Å². The fourth-order valence-electron chi connectivity index (χ4n) is 7.24. The molecule has 7 nitrogen and oxygen atoms in total. The first-order chi connectivity index (χ1) is 19.4. The van der Waals surface area contributed by atoms with Gasteiger partial charge in [0.25, 0.3) is 0 Å². The second-order valence-corrected chi connectivity index (χ2v) is 13.5. The number of carbonyl (C=O) groups excluding carboxylic acids is 2. The molecule has 2 aromatic carbocycles. The number of ether oxygens (including phenoxy) is 1. The summed E-state index contributed by atoms with van der Waals surface area (Å²) in [5.74, 6) is 0.808. The molecule has 0 spiro atoms. The number of hydrogen-bond donors (Lipinski definition) is 2. The van der Waals surface area contributed by atoms with E-state index in [2.05, 4.69) is 39.9 Å². The van der Waals surface area contributed by atoms with E-state index in [0.29, 0.717) is 35.3 Å². The summed E-state index contributed by atoms with van der Waals surface area (Å²) < 4.78 is 19.0. The lowest BCUT2D eigenvalue weighted by Gasteiger charge is -2.64. The number of amides is 1. The number of ketones is 1. The first-order valence-corrected chi connectivity index (χ1v) is 15.1. The minimum atomic E-state index is -1.00. The van der Waals surface area contributed by atoms with Crippen molar-refractivity contribution in [3.8, 4) is 11.5 Å². The van der Waals surface area contributed by atoms with Crippen LogP contribution in [0.25, 0.3) is 0 Å². The van der Waals surface area contributed by atoms with E-state index in [1.807, 2.05) is 30.3 Å². The molecule has 1 saturated heterocycles. The van der Waals surface area contributed by atoms with Crippen LogP contribution in [0.15, 0.2) is 54.6 Å². The fraction of sp³-hybridized carbons (Fsp3) is 0.576. The Morgan fingerprint density at radius 1 is 1.02 bits per heavy atom. The van der Waals surface area contributed by atoms with Crippen LogP contribution in [0.1, 0.15) is 77.6 Å². The summed E-state index contributed by atoms with van der Waals surface area (Å²) in [5, 5.41) is 13.7. The van der Waals surface area contributed by atoms with Gasteiger partial charge in [-0.1, -0.05) is 45.9 Å². The van der Waals surface area contributed by atoms with Crippen molar-refractivity contribution in [2.75, 3.05) is 0 Å². The maximum atomic E-state index is 13.6. The molecule has 0 unspecified atom stereocenters. The summed E-state index contributed by atoms with van der Waals surface area (Å²) in [6.45, 7) is 12.6. The molecule has 3 saturated carbocycles. The molecule has 1 heterocycles. The average Bonchev–Trinajstić information content (AvgIpc) is 3.29. The van der Waals surface area contributed by atoms with Gasteiger partial charge in [-0.05, 0) is 92.7 Å². The molecule has 2 N–H and O–H groups in total. The van der Waals surface area contributed by atoms with Crippen molar-refractivity contribution >= 4 is 18.8 Å². The van der Waals surface area contributed by atoms with E-state index in [1.54, 1.807) is 31.2 Å². The van der Waals surface area contributed by atoms with Crippen LogP contribution in [-0.2, 0) is 14.1 Å². The summed E-state index contributed by atoms with van der Waals surface area (Å²) in [5.41, 5.74) is 0.312. The Hall–Kier alpha value is -2.68. The van der Waals surface area contributed by atoms with E-state index in [1.165, 1.54) is 0 Å². The second kappa shape index (κ2) is 11.5. The monoisotopic (exact) mass is 561 g/mol. The Morgan fingerprint density at radius 3 is 2.29 bits per heavy atom. The van der Waals surface area contributed by atoms with Crippen molar-refractivity contribution < 1.29 is 28.7 Å². The Labute approximate surface area is 244 Å². The number of nitrogens with one attached hydrogen (secondary N) is 1. The van der Waals surface area contributed by atoms with Gasteiger partial charge in [-0.3, -0.25) is 9.59 Å². The van der Waals surface area contributed by atoms with Crippen molar-refractivity contribution in [1.29, 1.82) is 0 Å². The predicted octanol–water partition coefficient (Wildman–Crippen LogP) is 5.85. The van der Waals surface area contributed by atoms with Crippen LogP contribution in [0.4, 0.5) is 0 Å². The Bertz CT molecular complexity index is 1230. The Balaban J connectivity index is 1.24. The van der Waals surface area contributed by atoms with Crippen LogP contribution in [-0.4, -0.2) is 47.7 Å². The highest BCUT2D eigenvalue weighted by atomic mass is 16.7. The zero-order valence-corrected chi connectivity index (χ0v) is 25.1. The number of Topliss-reactive ketones (excluding diaryl/α,β-unsaturated/α-hetero) is 1. The van der Waals surface area contributed by atoms with Crippen molar-refractivity contribution in [1.82, 2.24) is 5.32 Å².